The van der Waals surface area contributed by atoms with Crippen LogP contribution in [0.4, 0.5) is 0 Å². The predicted octanol–water partition coefficient (Wildman–Crippen LogP) is -0.177. The quantitative estimate of drug-likeness (QED) is 0.501. The summed E-state index contributed by atoms with van der Waals surface area (Å²) in [4.78, 5) is 0. The second-order valence-electron chi connectivity index (χ2n) is 0. The Morgan fingerprint density at radius 1 is 1.25 bits per heavy atom. The fourth-order valence-corrected chi connectivity index (χ4v) is 0. The van der Waals surface area contributed by atoms with Gasteiger partial charge in [-0.2, -0.15) is 4.21 Å². The molecular weight excluding hydrogens is 158 g/mol. The Bertz CT molecular complexity index is 8.00. The van der Waals surface area contributed by atoms with Crippen molar-refractivity contribution in [2.75, 3.05) is 0 Å². The van der Waals surface area contributed by atoms with Gasteiger partial charge < -0.3 is 6.15 Å². The Balaban J connectivity index is -0.00000000500. The molecule has 0 aliphatic carbocycles. The van der Waals surface area contributed by atoms with Crippen LogP contribution >= 0.6 is 0 Å². The molecular formula is H3MoNOS+4. The predicted molar refractivity (Wildman–Crippen MR) is 13.2 cm³/mol. The van der Waals surface area contributed by atoms with Crippen LogP contribution in [0.3, 0.4) is 0 Å². The molecule has 22 valence electrons. The van der Waals surface area contributed by atoms with Crippen LogP contribution in [0.5, 0.6) is 0 Å². The van der Waals surface area contributed by atoms with Crippen LogP contribution in [0.25, 0.3) is 0 Å². The second-order valence-corrected chi connectivity index (χ2v) is 0. The molecule has 0 spiro atoms. The van der Waals surface area contributed by atoms with Gasteiger partial charge in [-0.1, -0.05) is 0 Å². The number of hydrogen-bond acceptors (Lipinski definition) is 3. The van der Waals surface area contributed by atoms with E-state index in [0.29, 0.717) is 0 Å². The first-order valence-electron chi connectivity index (χ1n) is 0.167. The van der Waals surface area contributed by atoms with Crippen LogP contribution < -0.4 is 6.15 Å². The molecule has 0 saturated heterocycles. The second kappa shape index (κ2) is 58.5. The molecule has 3 N–H and O–H groups in total. The fraction of sp³-hybridized carbons (Fsp3) is 0. The molecule has 0 aromatic carbocycles. The Labute approximate surface area is 44.3 Å². The third-order valence-corrected chi connectivity index (χ3v) is 0. The minimum absolute atomic E-state index is 0. The van der Waals surface area contributed by atoms with Crippen molar-refractivity contribution in [3.63, 3.8) is 0 Å². The Kier molecular flexibility index (Phi) is 330. The Morgan fingerprint density at radius 3 is 1.25 bits per heavy atom. The van der Waals surface area contributed by atoms with Gasteiger partial charge in [0.15, 0.2) is 12.5 Å². The summed E-state index contributed by atoms with van der Waals surface area (Å²) in [5.41, 5.74) is 0. The monoisotopic (exact) mass is 163 g/mol. The van der Waals surface area contributed by atoms with Gasteiger partial charge in [0.1, 0.15) is 0 Å². The summed E-state index contributed by atoms with van der Waals surface area (Å²) in [5.74, 6) is 0. The number of hydrogen-bond donors (Lipinski definition) is 1. The van der Waals surface area contributed by atoms with Crippen molar-refractivity contribution in [3.05, 3.63) is 0 Å². The Morgan fingerprint density at radius 2 is 1.25 bits per heavy atom. The van der Waals surface area contributed by atoms with Crippen molar-refractivity contribution in [3.8, 4) is 0 Å². The molecule has 0 unspecified atom stereocenters. The first kappa shape index (κ1) is 22.6. The first-order chi connectivity index (χ1) is 1.00. The van der Waals surface area contributed by atoms with Crippen molar-refractivity contribution < 1.29 is 25.3 Å². The van der Waals surface area contributed by atoms with Crippen molar-refractivity contribution >= 4 is 12.5 Å². The summed E-state index contributed by atoms with van der Waals surface area (Å²) < 4.78 is 7.83. The van der Waals surface area contributed by atoms with Gasteiger partial charge in [0.2, 0.25) is 0 Å². The summed E-state index contributed by atoms with van der Waals surface area (Å²) in [5, 5.41) is 0. The molecule has 0 aromatic heterocycles. The van der Waals surface area contributed by atoms with Crippen LogP contribution in [0.15, 0.2) is 0 Å². The summed E-state index contributed by atoms with van der Waals surface area (Å²) >= 11 is 2.83. The average Bonchev–Trinajstić information content (AvgIpc) is 1.00. The minimum atomic E-state index is 0. The molecule has 0 saturated carbocycles. The van der Waals surface area contributed by atoms with Gasteiger partial charge in [-0.25, -0.2) is 0 Å². The van der Waals surface area contributed by atoms with Gasteiger partial charge in [0.25, 0.3) is 0 Å². The van der Waals surface area contributed by atoms with Crippen LogP contribution in [-0.4, -0.2) is 4.21 Å². The van der Waals surface area contributed by atoms with Crippen molar-refractivity contribution in [2.24, 2.45) is 0 Å². The summed E-state index contributed by atoms with van der Waals surface area (Å²) in [6.07, 6.45) is 0. The van der Waals surface area contributed by atoms with E-state index >= 15 is 0 Å². The van der Waals surface area contributed by atoms with E-state index in [-0.39, 0.29) is 27.2 Å². The molecule has 4 heteroatoms. The van der Waals surface area contributed by atoms with E-state index in [1.807, 2.05) is 0 Å². The van der Waals surface area contributed by atoms with Gasteiger partial charge in [0.05, 0.1) is 0 Å². The third kappa shape index (κ3) is 16.6. The topological polar surface area (TPSA) is 52.1 Å². The zero-order valence-electron chi connectivity index (χ0n) is 1.93. The molecule has 2 nitrogen and oxygen atoms in total. The fourth-order valence-electron chi connectivity index (χ4n) is 0. The zero-order valence-corrected chi connectivity index (χ0v) is 4.76. The van der Waals surface area contributed by atoms with E-state index < -0.39 is 0 Å². The molecule has 0 aliphatic rings. The van der Waals surface area contributed by atoms with Crippen LogP contribution in [0.2, 0.25) is 0 Å². The maximum atomic E-state index is 7.83. The molecule has 0 radical (unpaired) electrons. The maximum Gasteiger partial charge on any atom is 4.00 e. The zero-order chi connectivity index (χ0) is 2.00. The van der Waals surface area contributed by atoms with E-state index in [1.165, 1.54) is 0 Å². The van der Waals surface area contributed by atoms with E-state index in [2.05, 4.69) is 12.5 Å². The average molecular weight is 161 g/mol. The summed E-state index contributed by atoms with van der Waals surface area (Å²) in [6, 6.07) is 0. The molecule has 0 bridgehead atoms. The minimum Gasteiger partial charge on any atom is -0.344 e. The molecule has 0 heterocycles. The molecule has 0 fully saturated rings. The standard InChI is InChI=1S/Mo.H3N.OS/c;;1-2/h;1H3;/q+4;;. The van der Waals surface area contributed by atoms with Gasteiger partial charge in [0, 0.05) is 0 Å². The van der Waals surface area contributed by atoms with Gasteiger partial charge in [-0.05, 0) is 0 Å². The van der Waals surface area contributed by atoms with Crippen LogP contribution in [-0.2, 0) is 33.6 Å². The summed E-state index contributed by atoms with van der Waals surface area (Å²) in [7, 11) is 0. The summed E-state index contributed by atoms with van der Waals surface area (Å²) in [6.45, 7) is 0. The van der Waals surface area contributed by atoms with Gasteiger partial charge in [-0.3, -0.25) is 0 Å². The smallest absolute Gasteiger partial charge is 0.344 e. The van der Waals surface area contributed by atoms with Crippen LogP contribution in [0, 0.1) is 0 Å². The third-order valence-electron chi connectivity index (χ3n) is 0. The molecule has 0 amide bonds. The van der Waals surface area contributed by atoms with E-state index in [4.69, 9.17) is 4.21 Å². The van der Waals surface area contributed by atoms with Crippen molar-refractivity contribution in [2.45, 2.75) is 0 Å². The molecule has 4 heavy (non-hydrogen) atoms. The van der Waals surface area contributed by atoms with Crippen LogP contribution in [0.1, 0.15) is 0 Å². The molecule has 0 rings (SSSR count). The van der Waals surface area contributed by atoms with E-state index in [0.717, 1.165) is 0 Å². The van der Waals surface area contributed by atoms with Crippen molar-refractivity contribution in [1.82, 2.24) is 6.15 Å². The molecule has 0 aliphatic heterocycles. The van der Waals surface area contributed by atoms with Crippen molar-refractivity contribution in [1.29, 1.82) is 0 Å². The molecule has 0 atom stereocenters. The Hall–Kier alpha value is 0.668. The van der Waals surface area contributed by atoms with Gasteiger partial charge >= 0.3 is 21.1 Å². The number of rotatable bonds is 0. The first-order valence-corrected chi connectivity index (χ1v) is 0.500. The van der Waals surface area contributed by atoms with E-state index in [9.17, 15) is 0 Å². The largest absolute Gasteiger partial charge is 4.00 e. The SMILES string of the molecule is N.O=S.[Mo+4]. The maximum absolute atomic E-state index is 7.83. The normalized spacial score (nSPS) is 1.00. The molecule has 0 aromatic rings. The van der Waals surface area contributed by atoms with Gasteiger partial charge in [-0.15, -0.1) is 0 Å². The van der Waals surface area contributed by atoms with E-state index in [1.54, 1.807) is 0 Å².